The second kappa shape index (κ2) is 9.71. The highest BCUT2D eigenvalue weighted by Gasteiger charge is 2.27. The van der Waals surface area contributed by atoms with Crippen LogP contribution < -0.4 is 4.72 Å². The van der Waals surface area contributed by atoms with Gasteiger partial charge in [-0.05, 0) is 43.2 Å². The molecule has 8 heteroatoms. The number of amides is 1. The van der Waals surface area contributed by atoms with Gasteiger partial charge < -0.3 is 4.90 Å². The Morgan fingerprint density at radius 2 is 1.72 bits per heavy atom. The summed E-state index contributed by atoms with van der Waals surface area (Å²) in [5, 5.41) is 0.456. The number of halogens is 1. The predicted molar refractivity (Wildman–Crippen MR) is 114 cm³/mol. The van der Waals surface area contributed by atoms with Crippen LogP contribution in [0.25, 0.3) is 0 Å². The molecule has 2 aromatic rings. The van der Waals surface area contributed by atoms with Gasteiger partial charge in [0.2, 0.25) is 15.9 Å². The summed E-state index contributed by atoms with van der Waals surface area (Å²) in [5.74, 6) is -0.205. The summed E-state index contributed by atoms with van der Waals surface area (Å²) >= 11 is 5.82. The Morgan fingerprint density at radius 1 is 1.03 bits per heavy atom. The molecule has 1 atom stereocenters. The molecule has 3 rings (SSSR count). The highest BCUT2D eigenvalue weighted by atomic mass is 35.5. The van der Waals surface area contributed by atoms with Gasteiger partial charge >= 0.3 is 0 Å². The van der Waals surface area contributed by atoms with E-state index in [9.17, 15) is 13.2 Å². The fourth-order valence-electron chi connectivity index (χ4n) is 3.43. The van der Waals surface area contributed by atoms with Gasteiger partial charge in [-0.1, -0.05) is 41.9 Å². The second-order valence-corrected chi connectivity index (χ2v) is 9.39. The normalized spacial score (nSPS) is 17.0. The summed E-state index contributed by atoms with van der Waals surface area (Å²) in [5.41, 5.74) is 1.25. The van der Waals surface area contributed by atoms with Gasteiger partial charge in [-0.15, -0.1) is 0 Å². The minimum absolute atomic E-state index is 0.0893. The third kappa shape index (κ3) is 6.02. The highest BCUT2D eigenvalue weighted by Crippen LogP contribution is 2.15. The number of nitrogens with zero attached hydrogens (tertiary/aromatic N) is 2. The molecule has 0 aromatic heterocycles. The zero-order valence-electron chi connectivity index (χ0n) is 16.4. The first kappa shape index (κ1) is 21.8. The SMILES string of the molecule is C[C@H](NS(=O)(=O)c1ccc(Cl)cc1)C(=O)N1CCCN(Cc2ccccc2)CC1. The first-order chi connectivity index (χ1) is 13.8. The van der Waals surface area contributed by atoms with Crippen LogP contribution in [0.2, 0.25) is 5.02 Å². The maximum Gasteiger partial charge on any atom is 0.241 e. The number of carbonyl (C=O) groups is 1. The number of hydrogen-bond donors (Lipinski definition) is 1. The van der Waals surface area contributed by atoms with E-state index in [-0.39, 0.29) is 10.8 Å². The van der Waals surface area contributed by atoms with E-state index in [1.54, 1.807) is 11.8 Å². The Balaban J connectivity index is 1.57. The van der Waals surface area contributed by atoms with E-state index in [1.807, 2.05) is 18.2 Å². The Labute approximate surface area is 177 Å². The fraction of sp³-hybridized carbons (Fsp3) is 0.381. The van der Waals surface area contributed by atoms with Gasteiger partial charge in [-0.3, -0.25) is 9.69 Å². The number of carbonyl (C=O) groups excluding carboxylic acids is 1. The van der Waals surface area contributed by atoms with Crippen molar-refractivity contribution in [2.75, 3.05) is 26.2 Å². The van der Waals surface area contributed by atoms with Crippen LogP contribution in [0.5, 0.6) is 0 Å². The monoisotopic (exact) mass is 435 g/mol. The lowest BCUT2D eigenvalue weighted by Gasteiger charge is -2.25. The molecule has 0 saturated carbocycles. The largest absolute Gasteiger partial charge is 0.340 e. The van der Waals surface area contributed by atoms with E-state index in [0.717, 1.165) is 26.1 Å². The molecule has 2 aromatic carbocycles. The van der Waals surface area contributed by atoms with E-state index < -0.39 is 16.1 Å². The molecule has 0 aliphatic carbocycles. The number of hydrogen-bond acceptors (Lipinski definition) is 4. The summed E-state index contributed by atoms with van der Waals surface area (Å²) in [6, 6.07) is 15.3. The molecule has 1 amide bonds. The summed E-state index contributed by atoms with van der Waals surface area (Å²) < 4.78 is 27.5. The first-order valence-corrected chi connectivity index (χ1v) is 11.5. The third-order valence-corrected chi connectivity index (χ3v) is 6.78. The molecule has 29 heavy (non-hydrogen) atoms. The summed E-state index contributed by atoms with van der Waals surface area (Å²) in [7, 11) is -3.79. The van der Waals surface area contributed by atoms with Gasteiger partial charge in [0.1, 0.15) is 0 Å². The average molecular weight is 436 g/mol. The third-order valence-electron chi connectivity index (χ3n) is 4.98. The minimum atomic E-state index is -3.79. The van der Waals surface area contributed by atoms with E-state index in [4.69, 9.17) is 11.6 Å². The molecule has 156 valence electrons. The quantitative estimate of drug-likeness (QED) is 0.757. The van der Waals surface area contributed by atoms with Crippen LogP contribution in [0.3, 0.4) is 0 Å². The van der Waals surface area contributed by atoms with Crippen molar-refractivity contribution in [3.8, 4) is 0 Å². The lowest BCUT2D eigenvalue weighted by atomic mass is 10.2. The van der Waals surface area contributed by atoms with Crippen molar-refractivity contribution in [1.29, 1.82) is 0 Å². The summed E-state index contributed by atoms with van der Waals surface area (Å²) in [4.78, 5) is 17.0. The van der Waals surface area contributed by atoms with Crippen molar-refractivity contribution >= 4 is 27.5 Å². The van der Waals surface area contributed by atoms with E-state index in [1.165, 1.54) is 29.8 Å². The van der Waals surface area contributed by atoms with Crippen LogP contribution in [0.1, 0.15) is 18.9 Å². The van der Waals surface area contributed by atoms with Crippen molar-refractivity contribution in [2.45, 2.75) is 30.8 Å². The molecule has 1 aliphatic heterocycles. The van der Waals surface area contributed by atoms with E-state index >= 15 is 0 Å². The summed E-state index contributed by atoms with van der Waals surface area (Å²) in [6.45, 7) is 5.31. The molecule has 0 unspecified atom stereocenters. The maximum atomic E-state index is 12.8. The molecular formula is C21H26ClN3O3S. The van der Waals surface area contributed by atoms with Crippen LogP contribution in [-0.4, -0.2) is 56.3 Å². The Morgan fingerprint density at radius 3 is 2.41 bits per heavy atom. The predicted octanol–water partition coefficient (Wildman–Crippen LogP) is 2.74. The Kier molecular flexibility index (Phi) is 7.29. The van der Waals surface area contributed by atoms with Crippen LogP contribution in [0, 0.1) is 0 Å². The van der Waals surface area contributed by atoms with Crippen molar-refractivity contribution in [1.82, 2.24) is 14.5 Å². The maximum absolute atomic E-state index is 12.8. The molecular weight excluding hydrogens is 410 g/mol. The van der Waals surface area contributed by atoms with Crippen molar-refractivity contribution < 1.29 is 13.2 Å². The number of benzene rings is 2. The highest BCUT2D eigenvalue weighted by molar-refractivity contribution is 7.89. The van der Waals surface area contributed by atoms with Crippen molar-refractivity contribution in [2.24, 2.45) is 0 Å². The van der Waals surface area contributed by atoms with Gasteiger partial charge in [0.25, 0.3) is 0 Å². The van der Waals surface area contributed by atoms with Crippen LogP contribution in [0.15, 0.2) is 59.5 Å². The van der Waals surface area contributed by atoms with Crippen LogP contribution in [0.4, 0.5) is 0 Å². The van der Waals surface area contributed by atoms with Crippen molar-refractivity contribution in [3.05, 3.63) is 65.2 Å². The lowest BCUT2D eigenvalue weighted by Crippen LogP contribution is -2.47. The van der Waals surface area contributed by atoms with Crippen molar-refractivity contribution in [3.63, 3.8) is 0 Å². The number of rotatable bonds is 6. The molecule has 1 heterocycles. The zero-order chi connectivity index (χ0) is 20.9. The Hall–Kier alpha value is -1.93. The lowest BCUT2D eigenvalue weighted by molar-refractivity contribution is -0.132. The van der Waals surface area contributed by atoms with Crippen LogP contribution >= 0.6 is 11.6 Å². The standard InChI is InChI=1S/C21H26ClN3O3S/c1-17(23-29(27,28)20-10-8-19(22)9-11-20)21(26)25-13-5-12-24(14-15-25)16-18-6-3-2-4-7-18/h2-4,6-11,17,23H,5,12-16H2,1H3/t17-/m0/s1. The van der Waals surface area contributed by atoms with Crippen LogP contribution in [-0.2, 0) is 21.4 Å². The molecule has 1 N–H and O–H groups in total. The summed E-state index contributed by atoms with van der Waals surface area (Å²) in [6.07, 6.45) is 0.856. The van der Waals surface area contributed by atoms with Gasteiger partial charge in [-0.2, -0.15) is 4.72 Å². The molecule has 6 nitrogen and oxygen atoms in total. The van der Waals surface area contributed by atoms with Gasteiger partial charge in [0, 0.05) is 37.7 Å². The molecule has 1 saturated heterocycles. The van der Waals surface area contributed by atoms with Gasteiger partial charge in [0.15, 0.2) is 0 Å². The van der Waals surface area contributed by atoms with Gasteiger partial charge in [-0.25, -0.2) is 8.42 Å². The minimum Gasteiger partial charge on any atom is -0.340 e. The van der Waals surface area contributed by atoms with E-state index in [0.29, 0.717) is 18.1 Å². The molecule has 1 fully saturated rings. The topological polar surface area (TPSA) is 69.7 Å². The van der Waals surface area contributed by atoms with Gasteiger partial charge in [0.05, 0.1) is 10.9 Å². The first-order valence-electron chi connectivity index (χ1n) is 9.68. The molecule has 0 bridgehead atoms. The average Bonchev–Trinajstić information content (AvgIpc) is 2.94. The zero-order valence-corrected chi connectivity index (χ0v) is 18.0. The smallest absolute Gasteiger partial charge is 0.241 e. The Bertz CT molecular complexity index is 920. The molecule has 0 radical (unpaired) electrons. The number of nitrogens with one attached hydrogen (secondary N) is 1. The van der Waals surface area contributed by atoms with E-state index in [2.05, 4.69) is 21.8 Å². The fourth-order valence-corrected chi connectivity index (χ4v) is 4.75. The second-order valence-electron chi connectivity index (χ2n) is 7.24. The molecule has 0 spiro atoms. The number of sulfonamides is 1. The molecule has 1 aliphatic rings.